The monoisotopic (exact) mass is 513 g/mol. The van der Waals surface area contributed by atoms with E-state index in [9.17, 15) is 9.59 Å². The number of carbonyl (C=O) groups excluding carboxylic acids is 2. The van der Waals surface area contributed by atoms with E-state index in [0.29, 0.717) is 35.7 Å². The van der Waals surface area contributed by atoms with Crippen LogP contribution in [0.15, 0.2) is 30.5 Å². The number of hydrogen-bond acceptors (Lipinski definition) is 6. The van der Waals surface area contributed by atoms with Gasteiger partial charge in [-0.05, 0) is 45.7 Å². The second-order valence-corrected chi connectivity index (χ2v) is 10.7. The van der Waals surface area contributed by atoms with E-state index >= 15 is 8.78 Å². The first kappa shape index (κ1) is 24.2. The highest BCUT2D eigenvalue weighted by atomic mass is 32.1. The summed E-state index contributed by atoms with van der Waals surface area (Å²) in [6, 6.07) is 5.86. The topological polar surface area (TPSA) is 73.1 Å². The second kappa shape index (κ2) is 8.85. The number of rotatable bonds is 4. The van der Waals surface area contributed by atoms with E-state index in [2.05, 4.69) is 4.98 Å². The lowest BCUT2D eigenvalue weighted by Gasteiger charge is -2.29. The van der Waals surface area contributed by atoms with Crippen molar-refractivity contribution in [1.82, 2.24) is 14.3 Å². The average Bonchev–Trinajstić information content (AvgIpc) is 3.53. The van der Waals surface area contributed by atoms with Crippen molar-refractivity contribution in [2.75, 3.05) is 13.7 Å². The Labute approximate surface area is 210 Å². The number of hydrogen-bond donors (Lipinski definition) is 0. The van der Waals surface area contributed by atoms with Crippen LogP contribution < -0.4 is 4.74 Å². The lowest BCUT2D eigenvalue weighted by atomic mass is 10.0. The number of halogens is 2. The van der Waals surface area contributed by atoms with Gasteiger partial charge in [-0.1, -0.05) is 17.4 Å². The lowest BCUT2D eigenvalue weighted by molar-refractivity contribution is 0.0222. The van der Waals surface area contributed by atoms with Crippen LogP contribution in [0.4, 0.5) is 13.6 Å². The van der Waals surface area contributed by atoms with Crippen LogP contribution in [-0.4, -0.2) is 45.9 Å². The zero-order chi connectivity index (χ0) is 25.8. The Balaban J connectivity index is 1.51. The molecule has 3 heterocycles. The second-order valence-electron chi connectivity index (χ2n) is 9.72. The third kappa shape index (κ3) is 4.09. The van der Waals surface area contributed by atoms with Gasteiger partial charge in [0.15, 0.2) is 22.9 Å². The first-order valence-electron chi connectivity index (χ1n) is 11.5. The number of ether oxygens (including phenoxy) is 2. The van der Waals surface area contributed by atoms with Crippen molar-refractivity contribution in [2.24, 2.45) is 0 Å². The fourth-order valence-corrected chi connectivity index (χ4v) is 5.63. The van der Waals surface area contributed by atoms with Gasteiger partial charge < -0.3 is 14.4 Å². The highest BCUT2D eigenvalue weighted by Gasteiger charge is 2.35. The minimum Gasteiger partial charge on any atom is -0.496 e. The molecule has 4 aromatic rings. The van der Waals surface area contributed by atoms with Crippen LogP contribution in [0.3, 0.4) is 0 Å². The van der Waals surface area contributed by atoms with Gasteiger partial charge in [0.2, 0.25) is 0 Å². The summed E-state index contributed by atoms with van der Waals surface area (Å²) in [5, 5.41) is 0. The molecule has 1 unspecified atom stereocenters. The molecule has 1 amide bonds. The Hall–Kier alpha value is -3.53. The van der Waals surface area contributed by atoms with Crippen molar-refractivity contribution in [2.45, 2.75) is 45.3 Å². The summed E-state index contributed by atoms with van der Waals surface area (Å²) >= 11 is 1.33. The molecule has 36 heavy (non-hydrogen) atoms. The van der Waals surface area contributed by atoms with Crippen LogP contribution in [-0.2, 0) is 4.74 Å². The normalized spacial score (nSPS) is 16.2. The van der Waals surface area contributed by atoms with Crippen LogP contribution in [0.1, 0.15) is 55.6 Å². The van der Waals surface area contributed by atoms with Crippen LogP contribution in [0.25, 0.3) is 26.4 Å². The molecule has 0 aliphatic carbocycles. The standard InChI is InChI=1S/C26H25F2N3O4S/c1-26(2,3)35-25(33)30-9-5-6-18(30)16-8-7-15(22(27)23(16)28)17-12-31-19-11-20(34-4)14(13-32)10-21(19)36-24(31)29-17/h7-8,10-13,18H,5-6,9H2,1-4H3. The number of thiazole rings is 1. The first-order chi connectivity index (χ1) is 17.1. The number of nitrogens with zero attached hydrogens (tertiary/aromatic N) is 3. The van der Waals surface area contributed by atoms with Crippen molar-refractivity contribution < 1.29 is 27.8 Å². The van der Waals surface area contributed by atoms with E-state index in [1.54, 1.807) is 43.5 Å². The number of methoxy groups -OCH3 is 1. The Morgan fingerprint density at radius 2 is 2.00 bits per heavy atom. The number of aldehydes is 1. The highest BCUT2D eigenvalue weighted by Crippen LogP contribution is 2.38. The van der Waals surface area contributed by atoms with Gasteiger partial charge in [-0.3, -0.25) is 9.20 Å². The molecule has 1 atom stereocenters. The van der Waals surface area contributed by atoms with Gasteiger partial charge in [0, 0.05) is 29.9 Å². The summed E-state index contributed by atoms with van der Waals surface area (Å²) in [6.07, 6.45) is 3.01. The predicted molar refractivity (Wildman–Crippen MR) is 133 cm³/mol. The number of aromatic nitrogens is 2. The highest BCUT2D eigenvalue weighted by molar-refractivity contribution is 7.23. The summed E-state index contributed by atoms with van der Waals surface area (Å²) in [7, 11) is 1.48. The van der Waals surface area contributed by atoms with Crippen LogP contribution in [0.5, 0.6) is 5.75 Å². The summed E-state index contributed by atoms with van der Waals surface area (Å²) in [5.74, 6) is -1.59. The Kier molecular flexibility index (Phi) is 5.94. The molecule has 1 saturated heterocycles. The molecule has 1 aliphatic rings. The molecular weight excluding hydrogens is 488 g/mol. The maximum absolute atomic E-state index is 15.4. The van der Waals surface area contributed by atoms with E-state index in [-0.39, 0.29) is 16.8 Å². The average molecular weight is 514 g/mol. The maximum atomic E-state index is 15.4. The van der Waals surface area contributed by atoms with Crippen molar-refractivity contribution >= 4 is 38.9 Å². The number of carbonyl (C=O) groups is 2. The van der Waals surface area contributed by atoms with E-state index in [0.717, 1.165) is 16.5 Å². The maximum Gasteiger partial charge on any atom is 0.410 e. The quantitative estimate of drug-likeness (QED) is 0.296. The summed E-state index contributed by atoms with van der Waals surface area (Å²) in [6.45, 7) is 5.71. The Morgan fingerprint density at radius 1 is 1.22 bits per heavy atom. The largest absolute Gasteiger partial charge is 0.496 e. The fourth-order valence-electron chi connectivity index (χ4n) is 4.59. The van der Waals surface area contributed by atoms with Gasteiger partial charge in [0.05, 0.1) is 34.6 Å². The molecule has 7 nitrogen and oxygen atoms in total. The third-order valence-corrected chi connectivity index (χ3v) is 7.22. The molecular formula is C26H25F2N3O4S. The van der Waals surface area contributed by atoms with E-state index < -0.39 is 29.4 Å². The van der Waals surface area contributed by atoms with Crippen LogP contribution in [0, 0.1) is 11.6 Å². The van der Waals surface area contributed by atoms with Crippen LogP contribution >= 0.6 is 11.3 Å². The van der Waals surface area contributed by atoms with Gasteiger partial charge in [0.1, 0.15) is 11.4 Å². The third-order valence-electron chi connectivity index (χ3n) is 6.20. The lowest BCUT2D eigenvalue weighted by Crippen LogP contribution is -2.36. The molecule has 10 heteroatoms. The molecule has 0 saturated carbocycles. The van der Waals surface area contributed by atoms with E-state index in [4.69, 9.17) is 9.47 Å². The van der Waals surface area contributed by atoms with Crippen LogP contribution in [0.2, 0.25) is 0 Å². The predicted octanol–water partition coefficient (Wildman–Crippen LogP) is 6.39. The van der Waals surface area contributed by atoms with Crippen molar-refractivity contribution in [3.63, 3.8) is 0 Å². The summed E-state index contributed by atoms with van der Waals surface area (Å²) < 4.78 is 44.0. The molecule has 1 fully saturated rings. The fraction of sp³-hybridized carbons (Fsp3) is 0.346. The van der Waals surface area contributed by atoms with Gasteiger partial charge >= 0.3 is 6.09 Å². The number of benzene rings is 2. The molecule has 0 radical (unpaired) electrons. The summed E-state index contributed by atoms with van der Waals surface area (Å²) in [4.78, 5) is 30.5. The number of fused-ring (bicyclic) bond motifs is 3. The number of amides is 1. The number of likely N-dealkylation sites (tertiary alicyclic amines) is 1. The van der Waals surface area contributed by atoms with Crippen molar-refractivity contribution in [1.29, 1.82) is 0 Å². The van der Waals surface area contributed by atoms with Gasteiger partial charge in [-0.2, -0.15) is 0 Å². The molecule has 188 valence electrons. The SMILES string of the molecule is COc1cc2c(cc1C=O)sc1nc(-c3ccc(C4CCCN4C(=O)OC(C)(C)C)c(F)c3F)cn12. The Bertz CT molecular complexity index is 1500. The van der Waals surface area contributed by atoms with Crippen molar-refractivity contribution in [3.05, 3.63) is 53.2 Å². The summed E-state index contributed by atoms with van der Waals surface area (Å²) in [5.41, 5.74) is 0.906. The van der Waals surface area contributed by atoms with Gasteiger partial charge in [-0.25, -0.2) is 18.6 Å². The molecule has 2 aromatic carbocycles. The zero-order valence-corrected chi connectivity index (χ0v) is 21.1. The molecule has 2 aromatic heterocycles. The molecule has 0 bridgehead atoms. The minimum atomic E-state index is -1.01. The Morgan fingerprint density at radius 3 is 2.69 bits per heavy atom. The number of imidazole rings is 1. The molecule has 5 rings (SSSR count). The van der Waals surface area contributed by atoms with E-state index in [1.165, 1.54) is 35.5 Å². The minimum absolute atomic E-state index is 0.0265. The molecule has 0 N–H and O–H groups in total. The van der Waals surface area contributed by atoms with Gasteiger partial charge in [0.25, 0.3) is 0 Å². The zero-order valence-electron chi connectivity index (χ0n) is 20.3. The van der Waals surface area contributed by atoms with Crippen molar-refractivity contribution in [3.8, 4) is 17.0 Å². The first-order valence-corrected chi connectivity index (χ1v) is 12.4. The van der Waals surface area contributed by atoms with Gasteiger partial charge in [-0.15, -0.1) is 0 Å². The molecule has 0 spiro atoms. The smallest absolute Gasteiger partial charge is 0.410 e. The van der Waals surface area contributed by atoms with E-state index in [1.807, 2.05) is 0 Å². The molecule has 1 aliphatic heterocycles.